The number of aryl methyl sites for hydroxylation is 1. The molecule has 3 fully saturated rings. The van der Waals surface area contributed by atoms with E-state index in [1.165, 1.54) is 23.9 Å². The Balaban J connectivity index is 1.12. The number of piperidine rings is 1. The second-order valence-corrected chi connectivity index (χ2v) is 13.2. The Morgan fingerprint density at radius 3 is 2.47 bits per heavy atom. The molecule has 2 saturated carbocycles. The van der Waals surface area contributed by atoms with Crippen LogP contribution < -0.4 is 0 Å². The maximum absolute atomic E-state index is 14.3. The molecule has 1 aromatic heterocycles. The number of hydrogen-bond donors (Lipinski definition) is 1. The number of hydrogen-bond acceptors (Lipinski definition) is 3. The Morgan fingerprint density at radius 2 is 1.79 bits per heavy atom. The highest BCUT2D eigenvalue weighted by atomic mass is 19.2. The molecular weight excluding hydrogens is 551 g/mol. The molecular formula is C35H42F3N3O2. The standard InChI is InChI=1S/C35H42F3N3O2/c1-2-41-34(20-29(39-41)14-23-8-9-32(37)33(38)16-23)24-10-12-40(13-11-24)21-27-17-26(31(35(42)43)15-22-6-7-22)19-30(27)25-4-3-5-28(36)18-25/h3-5,8-9,16,18,20,22,24,26-27,30-31H,2,6-7,10-15,17,19,21H2,1H3,(H,42,43)/t26?,27?,30?,31-/m0/s1. The summed E-state index contributed by atoms with van der Waals surface area (Å²) in [5.74, 6) is -1.38. The smallest absolute Gasteiger partial charge is 0.306 e. The molecule has 1 aliphatic heterocycles. The summed E-state index contributed by atoms with van der Waals surface area (Å²) in [5.41, 5.74) is 3.76. The predicted molar refractivity (Wildman–Crippen MR) is 159 cm³/mol. The first-order valence-electron chi connectivity index (χ1n) is 16.0. The van der Waals surface area contributed by atoms with E-state index >= 15 is 0 Å². The molecule has 0 spiro atoms. The number of nitrogens with zero attached hydrogens (tertiary/aromatic N) is 3. The first-order chi connectivity index (χ1) is 20.8. The Kier molecular flexibility index (Phi) is 8.94. The fourth-order valence-electron chi connectivity index (χ4n) is 7.81. The van der Waals surface area contributed by atoms with Crippen LogP contribution in [0.25, 0.3) is 0 Å². The summed E-state index contributed by atoms with van der Waals surface area (Å²) in [4.78, 5) is 14.8. The van der Waals surface area contributed by atoms with Crippen LogP contribution in [0.5, 0.6) is 0 Å². The van der Waals surface area contributed by atoms with E-state index in [0.717, 1.165) is 82.4 Å². The first-order valence-corrected chi connectivity index (χ1v) is 16.0. The van der Waals surface area contributed by atoms with Crippen LogP contribution in [0.2, 0.25) is 0 Å². The summed E-state index contributed by atoms with van der Waals surface area (Å²) < 4.78 is 43.4. The molecule has 2 heterocycles. The third kappa shape index (κ3) is 7.00. The van der Waals surface area contributed by atoms with Gasteiger partial charge >= 0.3 is 5.97 Å². The molecule has 2 aromatic carbocycles. The Labute approximate surface area is 252 Å². The maximum Gasteiger partial charge on any atom is 0.306 e. The summed E-state index contributed by atoms with van der Waals surface area (Å²) in [7, 11) is 0. The van der Waals surface area contributed by atoms with E-state index in [4.69, 9.17) is 5.10 Å². The molecule has 0 radical (unpaired) electrons. The SMILES string of the molecule is CCn1nc(Cc2ccc(F)c(F)c2)cc1C1CCN(CC2CC([C@H](CC3CC3)C(=O)O)CC2c2cccc(F)c2)CC1. The van der Waals surface area contributed by atoms with Crippen molar-refractivity contribution in [2.45, 2.75) is 76.7 Å². The van der Waals surface area contributed by atoms with Crippen LogP contribution in [0.3, 0.4) is 0 Å². The third-order valence-electron chi connectivity index (χ3n) is 10.2. The largest absolute Gasteiger partial charge is 0.481 e. The van der Waals surface area contributed by atoms with Crippen molar-refractivity contribution in [3.63, 3.8) is 0 Å². The normalized spacial score (nSPS) is 24.0. The second kappa shape index (κ2) is 12.8. The van der Waals surface area contributed by atoms with Crippen molar-refractivity contribution in [2.24, 2.45) is 23.7 Å². The van der Waals surface area contributed by atoms with E-state index in [-0.39, 0.29) is 23.6 Å². The summed E-state index contributed by atoms with van der Waals surface area (Å²) in [5, 5.41) is 14.9. The van der Waals surface area contributed by atoms with Gasteiger partial charge < -0.3 is 10.0 Å². The van der Waals surface area contributed by atoms with E-state index in [1.54, 1.807) is 18.2 Å². The first kappa shape index (κ1) is 29.9. The van der Waals surface area contributed by atoms with Gasteiger partial charge in [-0.2, -0.15) is 5.10 Å². The van der Waals surface area contributed by atoms with Crippen LogP contribution in [0.1, 0.15) is 86.2 Å². The van der Waals surface area contributed by atoms with Crippen LogP contribution in [0, 0.1) is 41.1 Å². The number of carbonyl (C=O) groups is 1. The van der Waals surface area contributed by atoms with Crippen LogP contribution >= 0.6 is 0 Å². The van der Waals surface area contributed by atoms with Gasteiger partial charge in [0.1, 0.15) is 5.82 Å². The number of likely N-dealkylation sites (tertiary alicyclic amines) is 1. The lowest BCUT2D eigenvalue weighted by Crippen LogP contribution is -2.37. The zero-order chi connectivity index (χ0) is 30.1. The van der Waals surface area contributed by atoms with Gasteiger partial charge in [0.2, 0.25) is 0 Å². The minimum Gasteiger partial charge on any atom is -0.481 e. The van der Waals surface area contributed by atoms with Crippen molar-refractivity contribution in [3.8, 4) is 0 Å². The maximum atomic E-state index is 14.3. The zero-order valence-corrected chi connectivity index (χ0v) is 24.9. The molecule has 3 aromatic rings. The summed E-state index contributed by atoms with van der Waals surface area (Å²) >= 11 is 0. The van der Waals surface area contributed by atoms with Crippen LogP contribution in [0.15, 0.2) is 48.5 Å². The molecule has 5 nitrogen and oxygen atoms in total. The number of carboxylic acid groups (broad SMARTS) is 1. The third-order valence-corrected chi connectivity index (χ3v) is 10.2. The van der Waals surface area contributed by atoms with Gasteiger partial charge in [0.15, 0.2) is 11.6 Å². The minimum atomic E-state index is -0.842. The molecule has 3 aliphatic rings. The highest BCUT2D eigenvalue weighted by Gasteiger charge is 2.43. The fourth-order valence-corrected chi connectivity index (χ4v) is 7.81. The molecule has 230 valence electrons. The van der Waals surface area contributed by atoms with Crippen LogP contribution in [-0.4, -0.2) is 45.4 Å². The van der Waals surface area contributed by atoms with Crippen molar-refractivity contribution in [2.75, 3.05) is 19.6 Å². The number of carboxylic acids is 1. The van der Waals surface area contributed by atoms with Crippen molar-refractivity contribution in [1.29, 1.82) is 0 Å². The summed E-state index contributed by atoms with van der Waals surface area (Å²) in [6.45, 7) is 5.61. The van der Waals surface area contributed by atoms with Crippen molar-refractivity contribution < 1.29 is 23.1 Å². The van der Waals surface area contributed by atoms with Gasteiger partial charge in [-0.3, -0.25) is 9.48 Å². The Hall–Kier alpha value is -3.13. The minimum absolute atomic E-state index is 0.126. The number of aromatic nitrogens is 2. The van der Waals surface area contributed by atoms with Crippen LogP contribution in [0.4, 0.5) is 13.2 Å². The predicted octanol–water partition coefficient (Wildman–Crippen LogP) is 7.40. The van der Waals surface area contributed by atoms with Gasteiger partial charge in [-0.1, -0.05) is 31.0 Å². The summed E-state index contributed by atoms with van der Waals surface area (Å²) in [6.07, 6.45) is 7.20. The van der Waals surface area contributed by atoms with E-state index < -0.39 is 17.6 Å². The number of benzene rings is 2. The number of rotatable bonds is 11. The van der Waals surface area contributed by atoms with Gasteiger partial charge in [-0.25, -0.2) is 13.2 Å². The molecule has 0 amide bonds. The van der Waals surface area contributed by atoms with Gasteiger partial charge in [0, 0.05) is 31.1 Å². The Bertz CT molecular complexity index is 1430. The van der Waals surface area contributed by atoms with E-state index in [2.05, 4.69) is 17.9 Å². The van der Waals surface area contributed by atoms with E-state index in [0.29, 0.717) is 29.7 Å². The fraction of sp³-hybridized carbons (Fsp3) is 0.543. The lowest BCUT2D eigenvalue weighted by Gasteiger charge is -2.35. The van der Waals surface area contributed by atoms with Crippen molar-refractivity contribution in [1.82, 2.24) is 14.7 Å². The quantitative estimate of drug-likeness (QED) is 0.252. The zero-order valence-electron chi connectivity index (χ0n) is 24.9. The van der Waals surface area contributed by atoms with Gasteiger partial charge in [0.05, 0.1) is 11.6 Å². The molecule has 0 bridgehead atoms. The lowest BCUT2D eigenvalue weighted by molar-refractivity contribution is -0.144. The molecule has 1 saturated heterocycles. The summed E-state index contributed by atoms with van der Waals surface area (Å²) in [6, 6.07) is 13.1. The molecule has 3 unspecified atom stereocenters. The van der Waals surface area contributed by atoms with E-state index in [1.807, 2.05) is 10.7 Å². The highest BCUT2D eigenvalue weighted by Crippen LogP contribution is 2.49. The average molecular weight is 594 g/mol. The van der Waals surface area contributed by atoms with Gasteiger partial charge in [0.25, 0.3) is 0 Å². The van der Waals surface area contributed by atoms with E-state index in [9.17, 15) is 23.1 Å². The molecule has 1 N–H and O–H groups in total. The molecule has 43 heavy (non-hydrogen) atoms. The second-order valence-electron chi connectivity index (χ2n) is 13.2. The van der Waals surface area contributed by atoms with Crippen LogP contribution in [-0.2, 0) is 17.8 Å². The van der Waals surface area contributed by atoms with Crippen molar-refractivity contribution >= 4 is 5.97 Å². The topological polar surface area (TPSA) is 58.4 Å². The molecule has 6 rings (SSSR count). The van der Waals surface area contributed by atoms with Gasteiger partial charge in [-0.15, -0.1) is 0 Å². The number of halogens is 3. The average Bonchev–Trinajstić information content (AvgIpc) is 3.58. The van der Waals surface area contributed by atoms with Crippen molar-refractivity contribution in [3.05, 3.63) is 88.5 Å². The lowest BCUT2D eigenvalue weighted by atomic mass is 9.85. The molecule has 8 heteroatoms. The monoisotopic (exact) mass is 593 g/mol. The van der Waals surface area contributed by atoms with Gasteiger partial charge in [-0.05, 0) is 117 Å². The Morgan fingerprint density at radius 1 is 1.00 bits per heavy atom. The number of aliphatic carboxylic acids is 1. The molecule has 4 atom stereocenters. The molecule has 2 aliphatic carbocycles. The highest BCUT2D eigenvalue weighted by molar-refractivity contribution is 5.70.